The van der Waals surface area contributed by atoms with Crippen molar-refractivity contribution in [2.24, 2.45) is 0 Å². The second kappa shape index (κ2) is 3.61. The van der Waals surface area contributed by atoms with E-state index in [9.17, 15) is 5.26 Å². The quantitative estimate of drug-likeness (QED) is 0.518. The predicted octanol–water partition coefficient (Wildman–Crippen LogP) is 4.17. The minimum atomic E-state index is 0.788. The Bertz CT molecular complexity index is 763. The lowest BCUT2D eigenvalue weighted by Crippen LogP contribution is -1.86. The molecule has 0 N–H and O–H groups in total. The molecule has 0 aliphatic carbocycles. The van der Waals surface area contributed by atoms with Crippen LogP contribution in [0.1, 0.15) is 11.1 Å². The molecule has 3 aromatic rings. The first-order chi connectivity index (χ1) is 8.31. The fourth-order valence-electron chi connectivity index (χ4n) is 2.42. The van der Waals surface area contributed by atoms with E-state index in [0.717, 1.165) is 32.7 Å². The highest BCUT2D eigenvalue weighted by Gasteiger charge is 2.08. The van der Waals surface area contributed by atoms with Crippen molar-refractivity contribution in [1.82, 2.24) is 0 Å². The summed E-state index contributed by atoms with van der Waals surface area (Å²) in [5, 5.41) is 13.8. The zero-order valence-electron chi connectivity index (χ0n) is 9.57. The van der Waals surface area contributed by atoms with Crippen LogP contribution in [-0.2, 0) is 0 Å². The molecule has 3 rings (SSSR count). The van der Waals surface area contributed by atoms with Gasteiger partial charge in [-0.15, -0.1) is 0 Å². The molecule has 0 unspecified atom stereocenters. The third-order valence-electron chi connectivity index (χ3n) is 3.21. The Morgan fingerprint density at radius 3 is 2.53 bits per heavy atom. The van der Waals surface area contributed by atoms with E-state index in [-0.39, 0.29) is 0 Å². The third kappa shape index (κ3) is 1.38. The van der Waals surface area contributed by atoms with Gasteiger partial charge in [0.15, 0.2) is 0 Å². The average molecular weight is 217 g/mol. The monoisotopic (exact) mass is 217 g/mol. The maximum absolute atomic E-state index is 9.41. The van der Waals surface area contributed by atoms with Gasteiger partial charge in [0.05, 0.1) is 5.56 Å². The zero-order valence-corrected chi connectivity index (χ0v) is 9.57. The predicted molar refractivity (Wildman–Crippen MR) is 70.9 cm³/mol. The molecule has 3 aromatic carbocycles. The Hall–Kier alpha value is -2.33. The summed E-state index contributed by atoms with van der Waals surface area (Å²) in [5.41, 5.74) is 1.95. The Morgan fingerprint density at radius 2 is 1.71 bits per heavy atom. The van der Waals surface area contributed by atoms with E-state index in [4.69, 9.17) is 0 Å². The summed E-state index contributed by atoms with van der Waals surface area (Å²) < 4.78 is 0. The minimum absolute atomic E-state index is 0.788. The molecule has 0 aromatic heterocycles. The van der Waals surface area contributed by atoms with E-state index in [1.807, 2.05) is 24.3 Å². The van der Waals surface area contributed by atoms with E-state index in [0.29, 0.717) is 0 Å². The van der Waals surface area contributed by atoms with Crippen molar-refractivity contribution in [1.29, 1.82) is 5.26 Å². The van der Waals surface area contributed by atoms with Gasteiger partial charge in [0.25, 0.3) is 0 Å². The molecule has 1 nitrogen and oxygen atoms in total. The molecule has 80 valence electrons. The fraction of sp³-hybridized carbons (Fsp3) is 0.0625. The molecule has 0 amide bonds. The third-order valence-corrected chi connectivity index (χ3v) is 3.21. The summed E-state index contributed by atoms with van der Waals surface area (Å²) in [7, 11) is 0. The lowest BCUT2D eigenvalue weighted by Gasteiger charge is -2.08. The molecule has 0 radical (unpaired) electrons. The van der Waals surface area contributed by atoms with E-state index in [2.05, 4.69) is 37.3 Å². The number of fused-ring (bicyclic) bond motifs is 2. The molecule has 0 bridgehead atoms. The number of benzene rings is 3. The first-order valence-corrected chi connectivity index (χ1v) is 5.62. The largest absolute Gasteiger partial charge is 0.192 e. The molecule has 0 fully saturated rings. The van der Waals surface area contributed by atoms with Crippen molar-refractivity contribution in [3.05, 3.63) is 59.7 Å². The molecule has 0 heterocycles. The van der Waals surface area contributed by atoms with Gasteiger partial charge in [0, 0.05) is 10.8 Å². The summed E-state index contributed by atoms with van der Waals surface area (Å²) >= 11 is 0. The number of nitrogens with zero attached hydrogens (tertiary/aromatic N) is 1. The highest BCUT2D eigenvalue weighted by atomic mass is 14.3. The van der Waals surface area contributed by atoms with Crippen LogP contribution in [0.2, 0.25) is 0 Å². The van der Waals surface area contributed by atoms with Crippen molar-refractivity contribution in [2.45, 2.75) is 6.92 Å². The average Bonchev–Trinajstić information content (AvgIpc) is 2.36. The Labute approximate surface area is 99.9 Å². The maximum Gasteiger partial charge on any atom is 0.100 e. The lowest BCUT2D eigenvalue weighted by molar-refractivity contribution is 1.49. The molecule has 0 saturated heterocycles. The van der Waals surface area contributed by atoms with Crippen molar-refractivity contribution in [3.63, 3.8) is 0 Å². The fourth-order valence-corrected chi connectivity index (χ4v) is 2.42. The first-order valence-electron chi connectivity index (χ1n) is 5.62. The molecule has 1 heteroatoms. The van der Waals surface area contributed by atoms with Crippen LogP contribution in [-0.4, -0.2) is 0 Å². The molecular weight excluding hydrogens is 206 g/mol. The molecule has 0 atom stereocenters. The SMILES string of the molecule is Cc1cccc2cc3ccccc3c(C#N)c12. The Kier molecular flexibility index (Phi) is 2.09. The van der Waals surface area contributed by atoms with Gasteiger partial charge in [-0.2, -0.15) is 5.26 Å². The van der Waals surface area contributed by atoms with Gasteiger partial charge in [0.1, 0.15) is 6.07 Å². The van der Waals surface area contributed by atoms with Gasteiger partial charge < -0.3 is 0 Å². The van der Waals surface area contributed by atoms with Crippen LogP contribution in [0, 0.1) is 18.3 Å². The topological polar surface area (TPSA) is 23.8 Å². The Morgan fingerprint density at radius 1 is 0.941 bits per heavy atom. The van der Waals surface area contributed by atoms with Gasteiger partial charge in [-0.25, -0.2) is 0 Å². The summed E-state index contributed by atoms with van der Waals surface area (Å²) in [4.78, 5) is 0. The summed E-state index contributed by atoms with van der Waals surface area (Å²) in [5.74, 6) is 0. The smallest absolute Gasteiger partial charge is 0.100 e. The van der Waals surface area contributed by atoms with Gasteiger partial charge in [-0.1, -0.05) is 42.5 Å². The second-order valence-electron chi connectivity index (χ2n) is 4.26. The van der Waals surface area contributed by atoms with E-state index in [1.165, 1.54) is 0 Å². The van der Waals surface area contributed by atoms with Crippen molar-refractivity contribution < 1.29 is 0 Å². The van der Waals surface area contributed by atoms with E-state index in [1.54, 1.807) is 0 Å². The van der Waals surface area contributed by atoms with Crippen LogP contribution >= 0.6 is 0 Å². The number of nitriles is 1. The summed E-state index contributed by atoms with van der Waals surface area (Å²) in [6, 6.07) is 18.7. The summed E-state index contributed by atoms with van der Waals surface area (Å²) in [6.07, 6.45) is 0. The number of hydrogen-bond acceptors (Lipinski definition) is 1. The van der Waals surface area contributed by atoms with Crippen LogP contribution in [0.3, 0.4) is 0 Å². The normalized spacial score (nSPS) is 10.6. The maximum atomic E-state index is 9.41. The standard InChI is InChI=1S/C16H11N/c1-11-5-4-7-13-9-12-6-2-3-8-14(12)15(10-17)16(11)13/h2-9H,1H3. The molecular formula is C16H11N. The number of aryl methyl sites for hydroxylation is 1. The van der Waals surface area contributed by atoms with Crippen molar-refractivity contribution in [3.8, 4) is 6.07 Å². The van der Waals surface area contributed by atoms with E-state index >= 15 is 0 Å². The van der Waals surface area contributed by atoms with Crippen LogP contribution < -0.4 is 0 Å². The molecule has 0 aliphatic heterocycles. The van der Waals surface area contributed by atoms with Crippen LogP contribution in [0.25, 0.3) is 21.5 Å². The highest BCUT2D eigenvalue weighted by Crippen LogP contribution is 2.29. The zero-order chi connectivity index (χ0) is 11.8. The number of rotatable bonds is 0. The Balaban J connectivity index is 2.66. The molecule has 0 saturated carbocycles. The summed E-state index contributed by atoms with van der Waals surface area (Å²) in [6.45, 7) is 2.05. The van der Waals surface area contributed by atoms with Crippen LogP contribution in [0.5, 0.6) is 0 Å². The molecule has 0 spiro atoms. The van der Waals surface area contributed by atoms with Crippen LogP contribution in [0.4, 0.5) is 0 Å². The highest BCUT2D eigenvalue weighted by molar-refractivity contribution is 6.05. The van der Waals surface area contributed by atoms with E-state index < -0.39 is 0 Å². The van der Waals surface area contributed by atoms with Gasteiger partial charge >= 0.3 is 0 Å². The van der Waals surface area contributed by atoms with Gasteiger partial charge in [-0.05, 0) is 29.3 Å². The van der Waals surface area contributed by atoms with Crippen LogP contribution in [0.15, 0.2) is 48.5 Å². The van der Waals surface area contributed by atoms with Gasteiger partial charge in [-0.3, -0.25) is 0 Å². The van der Waals surface area contributed by atoms with Crippen molar-refractivity contribution in [2.75, 3.05) is 0 Å². The molecule has 0 aliphatic rings. The second-order valence-corrected chi connectivity index (χ2v) is 4.26. The lowest BCUT2D eigenvalue weighted by atomic mass is 9.95. The number of hydrogen-bond donors (Lipinski definition) is 0. The molecule has 17 heavy (non-hydrogen) atoms. The first kappa shape index (κ1) is 9.86. The minimum Gasteiger partial charge on any atom is -0.192 e. The van der Waals surface area contributed by atoms with Crippen molar-refractivity contribution >= 4 is 21.5 Å². The van der Waals surface area contributed by atoms with Gasteiger partial charge in [0.2, 0.25) is 0 Å².